The number of hydrogen-bond donors (Lipinski definition) is 0. The summed E-state index contributed by atoms with van der Waals surface area (Å²) in [5.41, 5.74) is 0. The quantitative estimate of drug-likeness (QED) is 0.836. The summed E-state index contributed by atoms with van der Waals surface area (Å²) in [6.07, 6.45) is 0. The summed E-state index contributed by atoms with van der Waals surface area (Å²) < 4.78 is 31.2. The Morgan fingerprint density at radius 2 is 1.77 bits per heavy atom. The number of hydrogen-bond acceptors (Lipinski definition) is 4. The predicted molar refractivity (Wildman–Crippen MR) is 50.2 cm³/mol. The van der Waals surface area contributed by atoms with Crippen LogP contribution in [0.4, 0.5) is 0 Å². The minimum absolute atomic E-state index is 0.0742. The van der Waals surface area contributed by atoms with E-state index in [1.807, 2.05) is 0 Å². The van der Waals surface area contributed by atoms with Gasteiger partial charge in [-0.05, 0) is 24.3 Å². The smallest absolute Gasteiger partial charge is 0.307 e. The molecule has 0 aliphatic rings. The normalized spacial score (nSPS) is 11.2. The largest absolute Gasteiger partial charge is 0.497 e. The van der Waals surface area contributed by atoms with E-state index in [2.05, 4.69) is 19.5 Å². The van der Waals surface area contributed by atoms with Crippen LogP contribution in [0.2, 0.25) is 0 Å². The van der Waals surface area contributed by atoms with Crippen LogP contribution < -0.4 is 4.74 Å². The molecule has 1 aromatic carbocycles. The molecule has 0 atom stereocenters. The Bertz CT molecular complexity index is 370. The summed E-state index contributed by atoms with van der Waals surface area (Å²) in [6.45, 7) is 0. The van der Waals surface area contributed by atoms with Gasteiger partial charge in [0.15, 0.2) is 0 Å². The van der Waals surface area contributed by atoms with E-state index in [1.54, 1.807) is 12.1 Å². The van der Waals surface area contributed by atoms with Crippen LogP contribution in [0.25, 0.3) is 0 Å². The molecule has 1 rings (SSSR count). The summed E-state index contributed by atoms with van der Waals surface area (Å²) in [6, 6.07) is 5.88. The van der Waals surface area contributed by atoms with Crippen LogP contribution in [-0.2, 0) is 13.4 Å². The van der Waals surface area contributed by atoms with E-state index in [4.69, 9.17) is 4.74 Å². The first-order valence-electron chi connectivity index (χ1n) is 3.29. The van der Waals surface area contributed by atoms with Crippen LogP contribution in [0, 0.1) is 0 Å². The van der Waals surface area contributed by atoms with Crippen molar-refractivity contribution in [3.63, 3.8) is 0 Å². The maximum Gasteiger partial charge on any atom is 0.307 e. The van der Waals surface area contributed by atoms with Gasteiger partial charge in [-0.15, -0.1) is 0 Å². The molecule has 0 radical (unpaired) electrons. The Hall–Kier alpha value is -0.590. The topological polar surface area (TPSA) is 52.6 Å². The lowest BCUT2D eigenvalue weighted by molar-refractivity contribution is 0.414. The van der Waals surface area contributed by atoms with E-state index in [9.17, 15) is 8.42 Å². The molecular formula is C7H7BrO4S. The molecule has 0 heterocycles. The van der Waals surface area contributed by atoms with Crippen molar-refractivity contribution < 1.29 is 16.4 Å². The number of benzene rings is 1. The molecule has 0 fully saturated rings. The van der Waals surface area contributed by atoms with E-state index >= 15 is 0 Å². The highest BCUT2D eigenvalue weighted by molar-refractivity contribution is 9.06. The lowest BCUT2D eigenvalue weighted by atomic mass is 10.3. The third-order valence-corrected chi connectivity index (χ3v) is 3.49. The van der Waals surface area contributed by atoms with Crippen molar-refractivity contribution in [2.24, 2.45) is 0 Å². The minimum Gasteiger partial charge on any atom is -0.497 e. The standard InChI is InChI=1S/C7H7BrO4S/c1-11-6-2-4-7(5-3-6)13(9,10)12-8/h2-5H,1H3. The van der Waals surface area contributed by atoms with Crippen LogP contribution >= 0.6 is 16.3 Å². The summed E-state index contributed by atoms with van der Waals surface area (Å²) >= 11 is 2.42. The Morgan fingerprint density at radius 1 is 1.23 bits per heavy atom. The minimum atomic E-state index is -3.66. The lowest BCUT2D eigenvalue weighted by Crippen LogP contribution is -1.98. The highest BCUT2D eigenvalue weighted by Crippen LogP contribution is 2.18. The Morgan fingerprint density at radius 3 is 2.15 bits per heavy atom. The van der Waals surface area contributed by atoms with Crippen LogP contribution in [-0.4, -0.2) is 15.5 Å². The molecule has 4 nitrogen and oxygen atoms in total. The Balaban J connectivity index is 3.06. The molecule has 0 aliphatic heterocycles. The maximum absolute atomic E-state index is 11.1. The molecule has 6 heteroatoms. The monoisotopic (exact) mass is 266 g/mol. The number of ether oxygens (including phenoxy) is 1. The van der Waals surface area contributed by atoms with Crippen molar-refractivity contribution in [2.45, 2.75) is 4.90 Å². The van der Waals surface area contributed by atoms with Crippen LogP contribution in [0.3, 0.4) is 0 Å². The number of methoxy groups -OCH3 is 1. The Kier molecular flexibility index (Phi) is 3.29. The highest BCUT2D eigenvalue weighted by Gasteiger charge is 2.13. The van der Waals surface area contributed by atoms with Gasteiger partial charge in [0.05, 0.1) is 12.0 Å². The predicted octanol–water partition coefficient (Wildman–Crippen LogP) is 1.71. The average molecular weight is 267 g/mol. The fourth-order valence-electron chi connectivity index (χ4n) is 0.779. The van der Waals surface area contributed by atoms with Crippen molar-refractivity contribution in [3.05, 3.63) is 24.3 Å². The first-order chi connectivity index (χ1) is 6.10. The lowest BCUT2D eigenvalue weighted by Gasteiger charge is -2.01. The fourth-order valence-corrected chi connectivity index (χ4v) is 1.78. The molecule has 72 valence electrons. The average Bonchev–Trinajstić information content (AvgIpc) is 2.18. The zero-order valence-electron chi connectivity index (χ0n) is 6.73. The maximum atomic E-state index is 11.1. The molecule has 0 saturated heterocycles. The van der Waals surface area contributed by atoms with Gasteiger partial charge in [0, 0.05) is 0 Å². The van der Waals surface area contributed by atoms with Gasteiger partial charge in [-0.2, -0.15) is 11.7 Å². The van der Waals surface area contributed by atoms with Gasteiger partial charge >= 0.3 is 10.1 Å². The first kappa shape index (κ1) is 10.5. The Labute approximate surface area is 85.1 Å². The highest BCUT2D eigenvalue weighted by atomic mass is 79.9. The number of rotatable bonds is 3. The van der Waals surface area contributed by atoms with Gasteiger partial charge < -0.3 is 4.74 Å². The molecule has 0 unspecified atom stereocenters. The first-order valence-corrected chi connectivity index (χ1v) is 5.35. The van der Waals surface area contributed by atoms with Crippen molar-refractivity contribution in [3.8, 4) is 5.75 Å². The van der Waals surface area contributed by atoms with Gasteiger partial charge in [0.2, 0.25) is 0 Å². The second-order valence-corrected chi connectivity index (χ2v) is 4.49. The summed E-state index contributed by atoms with van der Waals surface area (Å²) in [5.74, 6) is 0.591. The van der Waals surface area contributed by atoms with Crippen LogP contribution in [0.5, 0.6) is 5.75 Å². The molecule has 0 saturated carbocycles. The van der Waals surface area contributed by atoms with Gasteiger partial charge in [-0.1, -0.05) is 0 Å². The number of halogens is 1. The van der Waals surface area contributed by atoms with Crippen molar-refractivity contribution >= 4 is 26.4 Å². The zero-order valence-corrected chi connectivity index (χ0v) is 9.13. The van der Waals surface area contributed by atoms with Crippen LogP contribution in [0.15, 0.2) is 29.2 Å². The molecule has 0 amide bonds. The van der Waals surface area contributed by atoms with E-state index in [0.717, 1.165) is 0 Å². The molecule has 0 N–H and O–H groups in total. The van der Waals surface area contributed by atoms with Gasteiger partial charge in [-0.3, -0.25) is 0 Å². The zero-order chi connectivity index (χ0) is 9.90. The molecule has 1 aromatic rings. The van der Waals surface area contributed by atoms with E-state index in [-0.39, 0.29) is 4.90 Å². The van der Waals surface area contributed by atoms with Crippen molar-refractivity contribution in [2.75, 3.05) is 7.11 Å². The molecular weight excluding hydrogens is 260 g/mol. The fraction of sp³-hybridized carbons (Fsp3) is 0.143. The van der Waals surface area contributed by atoms with E-state index < -0.39 is 10.1 Å². The third-order valence-electron chi connectivity index (χ3n) is 1.43. The van der Waals surface area contributed by atoms with Gasteiger partial charge in [0.25, 0.3) is 0 Å². The van der Waals surface area contributed by atoms with Gasteiger partial charge in [0.1, 0.15) is 22.0 Å². The van der Waals surface area contributed by atoms with Gasteiger partial charge in [-0.25, -0.2) is 0 Å². The molecule has 0 bridgehead atoms. The summed E-state index contributed by atoms with van der Waals surface area (Å²) in [5, 5.41) is 0. The van der Waals surface area contributed by atoms with Crippen LogP contribution in [0.1, 0.15) is 0 Å². The van der Waals surface area contributed by atoms with E-state index in [0.29, 0.717) is 5.75 Å². The second kappa shape index (κ2) is 4.08. The molecule has 0 aromatic heterocycles. The van der Waals surface area contributed by atoms with Crippen molar-refractivity contribution in [1.82, 2.24) is 0 Å². The third kappa shape index (κ3) is 2.43. The molecule has 0 spiro atoms. The molecule has 0 aliphatic carbocycles. The molecule has 13 heavy (non-hydrogen) atoms. The summed E-state index contributed by atoms with van der Waals surface area (Å²) in [4.78, 5) is 0.0742. The van der Waals surface area contributed by atoms with E-state index in [1.165, 1.54) is 19.2 Å². The SMILES string of the molecule is COc1ccc(S(=O)(=O)OBr)cc1. The van der Waals surface area contributed by atoms with Crippen molar-refractivity contribution in [1.29, 1.82) is 0 Å². The second-order valence-electron chi connectivity index (χ2n) is 2.19. The summed E-state index contributed by atoms with van der Waals surface area (Å²) in [7, 11) is -2.16.